The van der Waals surface area contributed by atoms with Crippen molar-refractivity contribution in [3.8, 4) is 0 Å². The van der Waals surface area contributed by atoms with Crippen LogP contribution >= 0.6 is 11.6 Å². The van der Waals surface area contributed by atoms with Gasteiger partial charge in [0.1, 0.15) is 0 Å². The summed E-state index contributed by atoms with van der Waals surface area (Å²) in [6.45, 7) is 2.25. The highest BCUT2D eigenvalue weighted by atomic mass is 35.5. The van der Waals surface area contributed by atoms with Crippen LogP contribution in [-0.2, 0) is 10.0 Å². The van der Waals surface area contributed by atoms with Gasteiger partial charge in [-0.3, -0.25) is 4.72 Å². The van der Waals surface area contributed by atoms with Crippen molar-refractivity contribution in [3.05, 3.63) is 23.2 Å². The summed E-state index contributed by atoms with van der Waals surface area (Å²) in [5.74, 6) is 0.0892. The summed E-state index contributed by atoms with van der Waals surface area (Å²) in [5, 5.41) is 5.33. The molecule has 1 aromatic rings. The second-order valence-electron chi connectivity index (χ2n) is 8.42. The molecule has 0 fully saturated rings. The van der Waals surface area contributed by atoms with Crippen LogP contribution in [0.5, 0.6) is 0 Å². The molecule has 32 heavy (non-hydrogen) atoms. The van der Waals surface area contributed by atoms with E-state index in [-0.39, 0.29) is 5.75 Å². The van der Waals surface area contributed by atoms with Crippen LogP contribution < -0.4 is 15.4 Å². The largest absolute Gasteiger partial charge is 0.341 e. The number of urea groups is 1. The summed E-state index contributed by atoms with van der Waals surface area (Å²) in [4.78, 5) is 11.5. The van der Waals surface area contributed by atoms with E-state index in [9.17, 15) is 13.2 Å². The number of halogens is 1. The highest BCUT2D eigenvalue weighted by molar-refractivity contribution is 7.92. The first-order valence-electron chi connectivity index (χ1n) is 12.2. The highest BCUT2D eigenvalue weighted by Gasteiger charge is 2.12. The first kappa shape index (κ1) is 28.6. The molecule has 0 bridgehead atoms. The van der Waals surface area contributed by atoms with Crippen LogP contribution in [0.4, 0.5) is 16.2 Å². The van der Waals surface area contributed by atoms with E-state index in [2.05, 4.69) is 22.3 Å². The number of hydrogen-bond acceptors (Lipinski definition) is 3. The van der Waals surface area contributed by atoms with E-state index < -0.39 is 16.1 Å². The molecule has 0 radical (unpaired) electrons. The van der Waals surface area contributed by atoms with Gasteiger partial charge in [-0.2, -0.15) is 0 Å². The second kappa shape index (κ2) is 17.1. The molecule has 3 N–H and O–H groups in total. The average molecular weight is 488 g/mol. The van der Waals surface area contributed by atoms with Gasteiger partial charge in [-0.15, -0.1) is 0 Å². The van der Waals surface area contributed by atoms with Gasteiger partial charge >= 0.3 is 6.03 Å². The Bertz CT molecular complexity index is 757. The van der Waals surface area contributed by atoms with Gasteiger partial charge in [0.25, 0.3) is 0 Å². The lowest BCUT2D eigenvalue weighted by atomic mass is 10.0. The molecule has 0 atom stereocenters. The number of anilines is 2. The van der Waals surface area contributed by atoms with Gasteiger partial charge in [0, 0.05) is 7.05 Å². The molecule has 0 aliphatic rings. The van der Waals surface area contributed by atoms with Crippen molar-refractivity contribution in [3.63, 3.8) is 0 Å². The Balaban J connectivity index is 2.14. The molecule has 0 aromatic heterocycles. The van der Waals surface area contributed by atoms with Crippen LogP contribution in [0.25, 0.3) is 0 Å². The Morgan fingerprint density at radius 2 is 1.34 bits per heavy atom. The molecule has 0 heterocycles. The fraction of sp³-hybridized carbons (Fsp3) is 0.708. The number of amides is 2. The topological polar surface area (TPSA) is 87.3 Å². The maximum atomic E-state index is 12.3. The van der Waals surface area contributed by atoms with Crippen molar-refractivity contribution in [1.82, 2.24) is 5.32 Å². The molecule has 0 unspecified atom stereocenters. The SMILES string of the molecule is CCCCCCCCCCCCCCCCS(=O)(=O)Nc1ccc(Cl)c(NC(=O)NC)c1. The number of unbranched alkanes of at least 4 members (excludes halogenated alkanes) is 13. The number of hydrogen-bond donors (Lipinski definition) is 3. The Labute approximate surface area is 200 Å². The third-order valence-corrected chi connectivity index (χ3v) is 7.18. The monoisotopic (exact) mass is 487 g/mol. The van der Waals surface area contributed by atoms with E-state index >= 15 is 0 Å². The molecular formula is C24H42ClN3O3S. The molecule has 184 valence electrons. The predicted molar refractivity (Wildman–Crippen MR) is 137 cm³/mol. The number of carbonyl (C=O) groups is 1. The fourth-order valence-electron chi connectivity index (χ4n) is 3.59. The lowest BCUT2D eigenvalue weighted by Gasteiger charge is -2.11. The van der Waals surface area contributed by atoms with Crippen molar-refractivity contribution < 1.29 is 13.2 Å². The van der Waals surface area contributed by atoms with Gasteiger partial charge in [-0.1, -0.05) is 102 Å². The molecule has 6 nitrogen and oxygen atoms in total. The molecule has 2 amide bonds. The Kier molecular flexibility index (Phi) is 15.2. The zero-order valence-electron chi connectivity index (χ0n) is 19.8. The van der Waals surface area contributed by atoms with E-state index in [1.807, 2.05) is 0 Å². The normalized spacial score (nSPS) is 11.3. The van der Waals surface area contributed by atoms with Gasteiger partial charge in [-0.05, 0) is 24.6 Å². The van der Waals surface area contributed by atoms with Crippen LogP contribution in [-0.4, -0.2) is 27.2 Å². The lowest BCUT2D eigenvalue weighted by molar-refractivity contribution is 0.254. The number of rotatable bonds is 18. The summed E-state index contributed by atoms with van der Waals surface area (Å²) in [6, 6.07) is 4.23. The third-order valence-electron chi connectivity index (χ3n) is 5.48. The molecule has 0 aliphatic heterocycles. The van der Waals surface area contributed by atoms with E-state index in [0.717, 1.165) is 12.8 Å². The molecule has 1 rings (SSSR count). The number of nitrogens with one attached hydrogen (secondary N) is 3. The lowest BCUT2D eigenvalue weighted by Crippen LogP contribution is -2.24. The average Bonchev–Trinajstić information content (AvgIpc) is 2.76. The van der Waals surface area contributed by atoms with Crippen molar-refractivity contribution >= 4 is 39.0 Å². The van der Waals surface area contributed by atoms with Crippen molar-refractivity contribution in [2.45, 2.75) is 96.8 Å². The minimum atomic E-state index is -3.44. The highest BCUT2D eigenvalue weighted by Crippen LogP contribution is 2.26. The Morgan fingerprint density at radius 3 is 1.84 bits per heavy atom. The standard InChI is InChI=1S/C24H42ClN3O3S/c1-3-4-5-6-7-8-9-10-11-12-13-14-15-16-19-32(30,31)28-21-17-18-22(25)23(20-21)27-24(29)26-2/h17-18,20,28H,3-16,19H2,1-2H3,(H2,26,27,29). The first-order valence-corrected chi connectivity index (χ1v) is 14.2. The quantitative estimate of drug-likeness (QED) is 0.189. The summed E-state index contributed by atoms with van der Waals surface area (Å²) >= 11 is 6.05. The van der Waals surface area contributed by atoms with Gasteiger partial charge in [0.05, 0.1) is 22.2 Å². The van der Waals surface area contributed by atoms with Crippen LogP contribution in [0.1, 0.15) is 96.8 Å². The molecule has 0 aliphatic carbocycles. The zero-order chi connectivity index (χ0) is 23.7. The van der Waals surface area contributed by atoms with E-state index in [1.54, 1.807) is 12.1 Å². The zero-order valence-corrected chi connectivity index (χ0v) is 21.4. The minimum absolute atomic E-state index is 0.0892. The minimum Gasteiger partial charge on any atom is -0.341 e. The van der Waals surface area contributed by atoms with Gasteiger partial charge in [0.15, 0.2) is 0 Å². The first-order chi connectivity index (χ1) is 15.4. The number of benzene rings is 1. The van der Waals surface area contributed by atoms with E-state index in [1.165, 1.54) is 83.7 Å². The third kappa shape index (κ3) is 13.8. The van der Waals surface area contributed by atoms with Gasteiger partial charge in [0.2, 0.25) is 10.0 Å². The van der Waals surface area contributed by atoms with Crippen LogP contribution in [0.3, 0.4) is 0 Å². The predicted octanol–water partition coefficient (Wildman–Crippen LogP) is 7.31. The number of carbonyl (C=O) groups excluding carboxylic acids is 1. The van der Waals surface area contributed by atoms with Crippen molar-refractivity contribution in [2.24, 2.45) is 0 Å². The summed E-state index contributed by atoms with van der Waals surface area (Å²) in [7, 11) is -1.94. The van der Waals surface area contributed by atoms with Crippen molar-refractivity contribution in [1.29, 1.82) is 0 Å². The number of sulfonamides is 1. The van der Waals surface area contributed by atoms with E-state index in [0.29, 0.717) is 22.8 Å². The van der Waals surface area contributed by atoms with Crippen LogP contribution in [0.15, 0.2) is 18.2 Å². The summed E-state index contributed by atoms with van der Waals surface area (Å²) in [6.07, 6.45) is 17.2. The van der Waals surface area contributed by atoms with Gasteiger partial charge in [-0.25, -0.2) is 13.2 Å². The van der Waals surface area contributed by atoms with E-state index in [4.69, 9.17) is 11.6 Å². The van der Waals surface area contributed by atoms with Crippen LogP contribution in [0.2, 0.25) is 5.02 Å². The second-order valence-corrected chi connectivity index (χ2v) is 10.7. The fourth-order valence-corrected chi connectivity index (χ4v) is 4.92. The van der Waals surface area contributed by atoms with Crippen molar-refractivity contribution in [2.75, 3.05) is 22.8 Å². The summed E-state index contributed by atoms with van der Waals surface area (Å²) in [5.41, 5.74) is 0.730. The molecule has 1 aromatic carbocycles. The smallest absolute Gasteiger partial charge is 0.319 e. The molecule has 0 spiro atoms. The van der Waals surface area contributed by atoms with Crippen LogP contribution in [0, 0.1) is 0 Å². The Hall–Kier alpha value is -1.47. The summed E-state index contributed by atoms with van der Waals surface area (Å²) < 4.78 is 27.3. The maximum Gasteiger partial charge on any atom is 0.319 e. The maximum absolute atomic E-state index is 12.3. The van der Waals surface area contributed by atoms with Gasteiger partial charge < -0.3 is 10.6 Å². The molecular weight excluding hydrogens is 446 g/mol. The molecule has 8 heteroatoms. The molecule has 0 saturated heterocycles. The Morgan fingerprint density at radius 1 is 0.844 bits per heavy atom. The molecule has 0 saturated carbocycles.